The van der Waals surface area contributed by atoms with E-state index >= 15 is 0 Å². The van der Waals surface area contributed by atoms with Crippen LogP contribution in [0.25, 0.3) is 0 Å². The van der Waals surface area contributed by atoms with Gasteiger partial charge >= 0.3 is 0 Å². The van der Waals surface area contributed by atoms with Crippen LogP contribution in [0.5, 0.6) is 0 Å². The molecule has 0 heterocycles. The maximum absolute atomic E-state index is 14.0. The number of sulfonamides is 1. The number of nitrogens with zero attached hydrogens (tertiary/aromatic N) is 2. The summed E-state index contributed by atoms with van der Waals surface area (Å²) in [6, 6.07) is 22.4. The zero-order chi connectivity index (χ0) is 28.4. The van der Waals surface area contributed by atoms with Gasteiger partial charge in [-0.3, -0.25) is 13.9 Å². The standard InChI is InChI=1S/C29H33BrClN3O4S/c1-3-4-18-32-29(36)27(19-22-12-6-5-7-13-22)33(20-23-14-8-10-16-25(23)31)28(35)21-34(39(2,37)38)26-17-11-9-15-24(26)30/h5-17,27H,3-4,18-21H2,1-2H3,(H,32,36)/t27-/m0/s1. The Balaban J connectivity index is 2.05. The van der Waals surface area contributed by atoms with E-state index in [2.05, 4.69) is 21.2 Å². The van der Waals surface area contributed by atoms with Crippen molar-refractivity contribution in [2.24, 2.45) is 0 Å². The van der Waals surface area contributed by atoms with Gasteiger partial charge in [0.05, 0.1) is 11.9 Å². The van der Waals surface area contributed by atoms with Gasteiger partial charge in [0.25, 0.3) is 0 Å². The molecule has 0 radical (unpaired) electrons. The molecular formula is C29H33BrClN3O4S. The van der Waals surface area contributed by atoms with Gasteiger partial charge in [0.2, 0.25) is 21.8 Å². The van der Waals surface area contributed by atoms with Gasteiger partial charge in [-0.25, -0.2) is 8.42 Å². The van der Waals surface area contributed by atoms with Crippen molar-refractivity contribution in [2.75, 3.05) is 23.7 Å². The lowest BCUT2D eigenvalue weighted by molar-refractivity contribution is -0.140. The number of nitrogens with one attached hydrogen (secondary N) is 1. The Labute approximate surface area is 244 Å². The number of rotatable bonds is 13. The summed E-state index contributed by atoms with van der Waals surface area (Å²) in [6.07, 6.45) is 3.01. The van der Waals surface area contributed by atoms with E-state index in [4.69, 9.17) is 11.6 Å². The number of benzene rings is 3. The molecule has 208 valence electrons. The summed E-state index contributed by atoms with van der Waals surface area (Å²) in [5.41, 5.74) is 1.85. The zero-order valence-electron chi connectivity index (χ0n) is 22.0. The average molecular weight is 635 g/mol. The summed E-state index contributed by atoms with van der Waals surface area (Å²) in [5.74, 6) is -0.831. The van der Waals surface area contributed by atoms with Crippen molar-refractivity contribution >= 4 is 55.1 Å². The van der Waals surface area contributed by atoms with E-state index in [1.54, 1.807) is 48.5 Å². The minimum absolute atomic E-state index is 0.0325. The van der Waals surface area contributed by atoms with Gasteiger partial charge in [-0.15, -0.1) is 0 Å². The summed E-state index contributed by atoms with van der Waals surface area (Å²) in [7, 11) is -3.84. The second kappa shape index (κ2) is 14.5. The van der Waals surface area contributed by atoms with E-state index < -0.39 is 28.5 Å². The fraction of sp³-hybridized carbons (Fsp3) is 0.310. The van der Waals surface area contributed by atoms with Crippen molar-refractivity contribution in [3.05, 3.63) is 99.5 Å². The van der Waals surface area contributed by atoms with Crippen LogP contribution in [0.2, 0.25) is 5.02 Å². The largest absolute Gasteiger partial charge is 0.354 e. The smallest absolute Gasteiger partial charge is 0.244 e. The zero-order valence-corrected chi connectivity index (χ0v) is 25.2. The number of para-hydroxylation sites is 1. The van der Waals surface area contributed by atoms with E-state index in [1.165, 1.54) is 4.90 Å². The first-order chi connectivity index (χ1) is 18.6. The van der Waals surface area contributed by atoms with Gasteiger partial charge in [0.15, 0.2) is 0 Å². The molecule has 10 heteroatoms. The lowest BCUT2D eigenvalue weighted by Gasteiger charge is -2.34. The van der Waals surface area contributed by atoms with Crippen LogP contribution in [-0.4, -0.2) is 50.5 Å². The van der Waals surface area contributed by atoms with Crippen LogP contribution in [0.15, 0.2) is 83.3 Å². The molecule has 0 spiro atoms. The molecule has 2 amide bonds. The maximum Gasteiger partial charge on any atom is 0.244 e. The molecular weight excluding hydrogens is 602 g/mol. The Morgan fingerprint density at radius 1 is 0.974 bits per heavy atom. The van der Waals surface area contributed by atoms with Gasteiger partial charge < -0.3 is 10.2 Å². The van der Waals surface area contributed by atoms with Gasteiger partial charge in [0, 0.05) is 29.0 Å². The quantitative estimate of drug-likeness (QED) is 0.254. The number of hydrogen-bond donors (Lipinski definition) is 1. The summed E-state index contributed by atoms with van der Waals surface area (Å²) < 4.78 is 27.3. The van der Waals surface area contributed by atoms with Gasteiger partial charge in [-0.05, 0) is 51.7 Å². The van der Waals surface area contributed by atoms with Crippen molar-refractivity contribution in [3.63, 3.8) is 0 Å². The third-order valence-electron chi connectivity index (χ3n) is 6.20. The Hall–Kier alpha value is -2.88. The lowest BCUT2D eigenvalue weighted by Crippen LogP contribution is -2.53. The average Bonchev–Trinajstić information content (AvgIpc) is 2.90. The number of hydrogen-bond acceptors (Lipinski definition) is 4. The van der Waals surface area contributed by atoms with Crippen molar-refractivity contribution in [1.29, 1.82) is 0 Å². The number of carbonyl (C=O) groups excluding carboxylic acids is 2. The highest BCUT2D eigenvalue weighted by Gasteiger charge is 2.33. The monoisotopic (exact) mass is 633 g/mol. The molecule has 0 saturated carbocycles. The van der Waals surface area contributed by atoms with E-state index in [0.29, 0.717) is 27.3 Å². The van der Waals surface area contributed by atoms with Gasteiger partial charge in [0.1, 0.15) is 12.6 Å². The summed E-state index contributed by atoms with van der Waals surface area (Å²) >= 11 is 9.86. The molecule has 7 nitrogen and oxygen atoms in total. The second-order valence-corrected chi connectivity index (χ2v) is 12.4. The number of halogens is 2. The molecule has 0 aliphatic heterocycles. The predicted molar refractivity (Wildman–Crippen MR) is 160 cm³/mol. The number of carbonyl (C=O) groups is 2. The molecule has 39 heavy (non-hydrogen) atoms. The molecule has 0 aliphatic carbocycles. The normalized spacial score (nSPS) is 12.0. The first kappa shape index (κ1) is 30.7. The molecule has 1 N–H and O–H groups in total. The minimum Gasteiger partial charge on any atom is -0.354 e. The third-order valence-corrected chi connectivity index (χ3v) is 8.37. The number of anilines is 1. The highest BCUT2D eigenvalue weighted by molar-refractivity contribution is 9.10. The van der Waals surface area contributed by atoms with Crippen LogP contribution in [0.4, 0.5) is 5.69 Å². The Kier molecular flexibility index (Phi) is 11.4. The molecule has 1 atom stereocenters. The van der Waals surface area contributed by atoms with Crippen LogP contribution >= 0.6 is 27.5 Å². The number of amides is 2. The van der Waals surface area contributed by atoms with E-state index in [1.807, 2.05) is 37.3 Å². The highest BCUT2D eigenvalue weighted by atomic mass is 79.9. The molecule has 3 aromatic carbocycles. The lowest BCUT2D eigenvalue weighted by atomic mass is 10.0. The highest BCUT2D eigenvalue weighted by Crippen LogP contribution is 2.28. The summed E-state index contributed by atoms with van der Waals surface area (Å²) in [5, 5.41) is 3.41. The fourth-order valence-electron chi connectivity index (χ4n) is 4.12. The fourth-order valence-corrected chi connectivity index (χ4v) is 5.79. The van der Waals surface area contributed by atoms with Crippen LogP contribution in [0.1, 0.15) is 30.9 Å². The predicted octanol–water partition coefficient (Wildman–Crippen LogP) is 5.42. The summed E-state index contributed by atoms with van der Waals surface area (Å²) in [4.78, 5) is 29.1. The third kappa shape index (κ3) is 8.81. The van der Waals surface area contributed by atoms with Crippen molar-refractivity contribution < 1.29 is 18.0 Å². The van der Waals surface area contributed by atoms with Crippen molar-refractivity contribution in [3.8, 4) is 0 Å². The first-order valence-corrected chi connectivity index (χ1v) is 15.7. The molecule has 0 aromatic heterocycles. The van der Waals surface area contributed by atoms with E-state index in [-0.39, 0.29) is 18.9 Å². The maximum atomic E-state index is 14.0. The molecule has 0 bridgehead atoms. The summed E-state index contributed by atoms with van der Waals surface area (Å²) in [6.45, 7) is 2.05. The Bertz CT molecular complexity index is 1370. The second-order valence-electron chi connectivity index (χ2n) is 9.18. The molecule has 3 aromatic rings. The van der Waals surface area contributed by atoms with E-state index in [0.717, 1.165) is 29.0 Å². The molecule has 0 fully saturated rings. The van der Waals surface area contributed by atoms with Crippen LogP contribution in [0.3, 0.4) is 0 Å². The topological polar surface area (TPSA) is 86.8 Å². The van der Waals surface area contributed by atoms with Crippen LogP contribution in [-0.2, 0) is 32.6 Å². The molecule has 0 aliphatic rings. The van der Waals surface area contributed by atoms with Gasteiger partial charge in [-0.1, -0.05) is 85.6 Å². The van der Waals surface area contributed by atoms with Gasteiger partial charge in [-0.2, -0.15) is 0 Å². The first-order valence-electron chi connectivity index (χ1n) is 12.7. The van der Waals surface area contributed by atoms with Crippen molar-refractivity contribution in [2.45, 2.75) is 38.8 Å². The number of unbranched alkanes of at least 4 members (excludes halogenated alkanes) is 1. The molecule has 0 saturated heterocycles. The molecule has 0 unspecified atom stereocenters. The van der Waals surface area contributed by atoms with Crippen molar-refractivity contribution in [1.82, 2.24) is 10.2 Å². The van der Waals surface area contributed by atoms with E-state index in [9.17, 15) is 18.0 Å². The minimum atomic E-state index is -3.84. The Morgan fingerprint density at radius 2 is 1.62 bits per heavy atom. The van der Waals surface area contributed by atoms with Crippen LogP contribution < -0.4 is 9.62 Å². The Morgan fingerprint density at radius 3 is 2.26 bits per heavy atom. The van der Waals surface area contributed by atoms with Crippen LogP contribution in [0, 0.1) is 0 Å². The molecule has 3 rings (SSSR count). The SMILES string of the molecule is CCCCNC(=O)[C@H](Cc1ccccc1)N(Cc1ccccc1Cl)C(=O)CN(c1ccccc1Br)S(C)(=O)=O.